The average Bonchev–Trinajstić information content (AvgIpc) is 3.97. The van der Waals surface area contributed by atoms with Gasteiger partial charge in [0.25, 0.3) is 17.7 Å². The van der Waals surface area contributed by atoms with Crippen LogP contribution in [-0.2, 0) is 24.6 Å². The molecule has 2 atom stereocenters. The Morgan fingerprint density at radius 2 is 1.55 bits per heavy atom. The fraction of sp³-hybridized carbons (Fsp3) is 0.484. The molecule has 4 N–H and O–H groups in total. The topological polar surface area (TPSA) is 211 Å². The van der Waals surface area contributed by atoms with E-state index < -0.39 is 40.9 Å². The van der Waals surface area contributed by atoms with Crippen LogP contribution in [0.4, 0.5) is 27.3 Å². The van der Waals surface area contributed by atoms with E-state index in [0.29, 0.717) is 72.6 Å². The standard InChI is InChI=1S/C64H76FN11O7/c1-38(2)68-59(79)46-35-51(49(65)30-40(46)5)70-58-57-52(67-37-74(57)39(3)4)36-50(69-58)41-17-20-48-54(31-41)75(44-33-43(34-44)72-26-14-11-15-27-72)63(83)64(48)23-28-73(29-24-64)56(78)16-12-9-7-6-8-10-13-25-66-42-18-19-45-47(32-42)62(82)76(61(45)81)53-21-22-55(77)71-60(53)80/h17-20,30-33,35-39,43,53,66H,6-16,21-29,34H2,1-5H3,(H,68,79)(H,69,70)(H,71,77,80)/t43-,53?/m0/s1. The predicted octanol–water partition coefficient (Wildman–Crippen LogP) is 9.99. The number of rotatable bonds is 20. The lowest BCUT2D eigenvalue weighted by Gasteiger charge is -2.42. The van der Waals surface area contributed by atoms with Gasteiger partial charge in [0.1, 0.15) is 17.4 Å². The van der Waals surface area contributed by atoms with E-state index in [2.05, 4.69) is 44.4 Å². The maximum absolute atomic E-state index is 15.9. The molecule has 3 aromatic carbocycles. The Bertz CT molecular complexity index is 3450. The number of halogens is 1. The molecule has 19 heteroatoms. The summed E-state index contributed by atoms with van der Waals surface area (Å²) in [5, 5.41) is 11.8. The zero-order valence-electron chi connectivity index (χ0n) is 48.4. The molecule has 11 rings (SSSR count). The van der Waals surface area contributed by atoms with Gasteiger partial charge in [0.15, 0.2) is 5.82 Å². The molecular weight excluding hydrogens is 1050 g/mol. The quantitative estimate of drug-likeness (QED) is 0.0424. The minimum Gasteiger partial charge on any atom is -0.385 e. The molecule has 5 aliphatic heterocycles. The first kappa shape index (κ1) is 57.0. The van der Waals surface area contributed by atoms with Crippen molar-refractivity contribution in [2.45, 2.75) is 167 Å². The van der Waals surface area contributed by atoms with Gasteiger partial charge in [0, 0.05) is 79.5 Å². The number of nitrogens with zero attached hydrogens (tertiary/aromatic N) is 7. The maximum Gasteiger partial charge on any atom is 0.262 e. The summed E-state index contributed by atoms with van der Waals surface area (Å²) in [6, 6.07) is 15.2. The summed E-state index contributed by atoms with van der Waals surface area (Å²) >= 11 is 0. The third-order valence-electron chi connectivity index (χ3n) is 17.8. The van der Waals surface area contributed by atoms with Gasteiger partial charge in [-0.25, -0.2) is 14.4 Å². The van der Waals surface area contributed by atoms with Crippen LogP contribution >= 0.6 is 0 Å². The Labute approximate surface area is 484 Å². The second kappa shape index (κ2) is 23.8. The van der Waals surface area contributed by atoms with Gasteiger partial charge in [0.05, 0.1) is 45.5 Å². The largest absolute Gasteiger partial charge is 0.385 e. The summed E-state index contributed by atoms with van der Waals surface area (Å²) in [5.74, 6) is -2.33. The van der Waals surface area contributed by atoms with Gasteiger partial charge >= 0.3 is 0 Å². The first-order valence-electron chi connectivity index (χ1n) is 30.1. The monoisotopic (exact) mass is 1130 g/mol. The van der Waals surface area contributed by atoms with Gasteiger partial charge in [-0.3, -0.25) is 53.6 Å². The summed E-state index contributed by atoms with van der Waals surface area (Å²) in [6.45, 7) is 13.4. The van der Waals surface area contributed by atoms with Crippen molar-refractivity contribution in [2.24, 2.45) is 0 Å². The lowest BCUT2D eigenvalue weighted by Crippen LogP contribution is -2.54. The summed E-state index contributed by atoms with van der Waals surface area (Å²) in [5.41, 5.74) is 6.94. The van der Waals surface area contributed by atoms with Crippen LogP contribution in [0.15, 0.2) is 72.7 Å². The highest BCUT2D eigenvalue weighted by Crippen LogP contribution is 2.52. The minimum atomic E-state index is -0.997. The van der Waals surface area contributed by atoms with Gasteiger partial charge in [0.2, 0.25) is 23.6 Å². The number of likely N-dealkylation sites (tertiary alicyclic amines) is 2. The average molecular weight is 1130 g/mol. The van der Waals surface area contributed by atoms with Crippen LogP contribution < -0.4 is 26.2 Å². The number of carbonyl (C=O) groups excluding carboxylic acids is 7. The van der Waals surface area contributed by atoms with Crippen LogP contribution in [0.5, 0.6) is 0 Å². The zero-order chi connectivity index (χ0) is 58.3. The van der Waals surface area contributed by atoms with E-state index in [0.717, 1.165) is 97.6 Å². The van der Waals surface area contributed by atoms with Crippen LogP contribution in [0.2, 0.25) is 0 Å². The number of anilines is 4. The Morgan fingerprint density at radius 1 is 0.831 bits per heavy atom. The van der Waals surface area contributed by atoms with E-state index >= 15 is 9.18 Å². The van der Waals surface area contributed by atoms with Crippen LogP contribution in [0, 0.1) is 12.7 Å². The second-order valence-electron chi connectivity index (χ2n) is 24.1. The number of hydrogen-bond donors (Lipinski definition) is 4. The number of benzene rings is 3. The number of pyridine rings is 1. The Hall–Kier alpha value is -7.80. The van der Waals surface area contributed by atoms with Gasteiger partial charge in [-0.2, -0.15) is 0 Å². The van der Waals surface area contributed by atoms with Gasteiger partial charge < -0.3 is 25.4 Å². The molecule has 5 aromatic rings. The van der Waals surface area contributed by atoms with E-state index in [1.165, 1.54) is 31.4 Å². The zero-order valence-corrected chi connectivity index (χ0v) is 48.4. The van der Waals surface area contributed by atoms with Crippen molar-refractivity contribution in [3.63, 3.8) is 0 Å². The van der Waals surface area contributed by atoms with Crippen molar-refractivity contribution < 1.29 is 38.0 Å². The molecule has 3 saturated heterocycles. The lowest BCUT2D eigenvalue weighted by molar-refractivity contribution is -0.136. The number of imide groups is 2. The number of imidazole rings is 1. The third kappa shape index (κ3) is 11.3. The van der Waals surface area contributed by atoms with E-state index in [9.17, 15) is 28.8 Å². The summed E-state index contributed by atoms with van der Waals surface area (Å²) in [4.78, 5) is 110. The molecule has 1 spiro atoms. The smallest absolute Gasteiger partial charge is 0.262 e. The molecule has 18 nitrogen and oxygen atoms in total. The summed E-state index contributed by atoms with van der Waals surface area (Å²) < 4.78 is 17.9. The molecule has 1 unspecified atom stereocenters. The number of nitrogens with one attached hydrogen (secondary N) is 4. The first-order valence-corrected chi connectivity index (χ1v) is 30.1. The molecular formula is C64H76FN11O7. The number of fused-ring (bicyclic) bond motifs is 4. The van der Waals surface area contributed by atoms with Crippen LogP contribution in [0.1, 0.15) is 179 Å². The molecule has 7 amide bonds. The number of amides is 7. The molecule has 1 aliphatic carbocycles. The molecule has 83 heavy (non-hydrogen) atoms. The van der Waals surface area contributed by atoms with Crippen LogP contribution in [-0.4, -0.2) is 121 Å². The molecule has 2 aromatic heterocycles. The van der Waals surface area contributed by atoms with Gasteiger partial charge in [-0.15, -0.1) is 0 Å². The molecule has 0 radical (unpaired) electrons. The molecule has 3 fully saturated rings. The van der Waals surface area contributed by atoms with Crippen LogP contribution in [0.25, 0.3) is 22.3 Å². The van der Waals surface area contributed by atoms with E-state index in [1.54, 1.807) is 31.5 Å². The SMILES string of the molecule is Cc1cc(F)c(Nc2nc(-c3ccc4c(c3)N(C3=C[C@H](N5CCCCC5)C3)C(=O)C43CCN(C(=O)CCCCCCCCCNc4ccc5c(c4)C(=O)N(C4CCC(=O)NC4=O)C5=O)CC3)cc3ncn(C(C)C)c23)cc1C(=O)NC(C)C. The predicted molar refractivity (Wildman–Crippen MR) is 316 cm³/mol. The first-order chi connectivity index (χ1) is 40.0. The summed E-state index contributed by atoms with van der Waals surface area (Å²) in [7, 11) is 0. The van der Waals surface area contributed by atoms with Crippen molar-refractivity contribution in [3.8, 4) is 11.3 Å². The van der Waals surface area contributed by atoms with Crippen molar-refractivity contribution in [3.05, 3.63) is 106 Å². The van der Waals surface area contributed by atoms with Crippen molar-refractivity contribution in [2.75, 3.05) is 48.3 Å². The summed E-state index contributed by atoms with van der Waals surface area (Å²) in [6.07, 6.45) is 16.9. The number of piperidine rings is 3. The maximum atomic E-state index is 15.9. The van der Waals surface area contributed by atoms with E-state index in [4.69, 9.17) is 9.97 Å². The molecule has 436 valence electrons. The van der Waals surface area contributed by atoms with E-state index in [1.807, 2.05) is 54.2 Å². The number of hydrogen-bond acceptors (Lipinski definition) is 12. The van der Waals surface area contributed by atoms with Gasteiger partial charge in [-0.1, -0.05) is 50.7 Å². The Kier molecular flexibility index (Phi) is 16.4. The second-order valence-corrected chi connectivity index (χ2v) is 24.1. The molecule has 0 saturated carbocycles. The Balaban J connectivity index is 0.715. The van der Waals surface area contributed by atoms with Crippen molar-refractivity contribution in [1.29, 1.82) is 0 Å². The highest BCUT2D eigenvalue weighted by atomic mass is 19.1. The highest BCUT2D eigenvalue weighted by molar-refractivity contribution is 6.24. The number of aryl methyl sites for hydroxylation is 1. The number of unbranched alkanes of at least 4 members (excludes halogenated alkanes) is 6. The Morgan fingerprint density at radius 3 is 2.28 bits per heavy atom. The minimum absolute atomic E-state index is 0.0118. The normalized spacial score (nSPS) is 19.6. The third-order valence-corrected chi connectivity index (χ3v) is 17.8. The molecule has 0 bridgehead atoms. The van der Waals surface area contributed by atoms with Crippen LogP contribution in [0.3, 0.4) is 0 Å². The van der Waals surface area contributed by atoms with Crippen molar-refractivity contribution >= 4 is 75.3 Å². The number of aromatic nitrogens is 3. The fourth-order valence-corrected chi connectivity index (χ4v) is 13.1. The lowest BCUT2D eigenvalue weighted by atomic mass is 9.73. The molecule has 7 heterocycles. The van der Waals surface area contributed by atoms with Gasteiger partial charge in [-0.05, 0) is 152 Å². The van der Waals surface area contributed by atoms with E-state index in [-0.39, 0.29) is 65.5 Å². The fourth-order valence-electron chi connectivity index (χ4n) is 13.1. The van der Waals surface area contributed by atoms with Crippen molar-refractivity contribution in [1.82, 2.24) is 39.9 Å². The number of carbonyl (C=O) groups is 7. The molecule has 6 aliphatic rings. The highest BCUT2D eigenvalue weighted by Gasteiger charge is 2.54.